The van der Waals surface area contributed by atoms with Crippen LogP contribution in [0.3, 0.4) is 0 Å². The molecule has 1 heterocycles. The number of carbonyl (C=O) groups is 1. The van der Waals surface area contributed by atoms with Gasteiger partial charge in [0.2, 0.25) is 0 Å². The molecule has 0 saturated carbocycles. The predicted octanol–water partition coefficient (Wildman–Crippen LogP) is 2.75. The van der Waals surface area contributed by atoms with Gasteiger partial charge in [0, 0.05) is 25.6 Å². The van der Waals surface area contributed by atoms with Gasteiger partial charge in [-0.25, -0.2) is 4.98 Å². The van der Waals surface area contributed by atoms with Crippen LogP contribution in [-0.2, 0) is 11.3 Å². The van der Waals surface area contributed by atoms with Crippen LogP contribution in [-0.4, -0.2) is 43.2 Å². The summed E-state index contributed by atoms with van der Waals surface area (Å²) in [5.41, 5.74) is 1.50. The Morgan fingerprint density at radius 2 is 2.18 bits per heavy atom. The summed E-state index contributed by atoms with van der Waals surface area (Å²) in [7, 11) is 3.26. The van der Waals surface area contributed by atoms with Crippen LogP contribution in [0.1, 0.15) is 21.1 Å². The zero-order valence-electron chi connectivity index (χ0n) is 13.0. The van der Waals surface area contributed by atoms with E-state index in [2.05, 4.69) is 4.98 Å². The van der Waals surface area contributed by atoms with Gasteiger partial charge in [-0.1, -0.05) is 12.1 Å². The quantitative estimate of drug-likeness (QED) is 0.787. The van der Waals surface area contributed by atoms with Crippen molar-refractivity contribution in [3.8, 4) is 5.75 Å². The maximum absolute atomic E-state index is 12.6. The molecular weight excluding hydrogens is 300 g/mol. The highest BCUT2D eigenvalue weighted by Crippen LogP contribution is 2.16. The van der Waals surface area contributed by atoms with Gasteiger partial charge in [-0.15, -0.1) is 11.3 Å². The van der Waals surface area contributed by atoms with Crippen molar-refractivity contribution in [1.29, 1.82) is 0 Å². The van der Waals surface area contributed by atoms with Gasteiger partial charge in [0.1, 0.15) is 11.4 Å². The molecule has 1 amide bonds. The van der Waals surface area contributed by atoms with E-state index < -0.39 is 0 Å². The Kier molecular flexibility index (Phi) is 5.91. The lowest BCUT2D eigenvalue weighted by molar-refractivity contribution is 0.0675. The molecule has 0 unspecified atom stereocenters. The fraction of sp³-hybridized carbons (Fsp3) is 0.375. The van der Waals surface area contributed by atoms with E-state index >= 15 is 0 Å². The summed E-state index contributed by atoms with van der Waals surface area (Å²) in [6, 6.07) is 7.70. The van der Waals surface area contributed by atoms with Gasteiger partial charge in [-0.05, 0) is 24.6 Å². The zero-order chi connectivity index (χ0) is 15.9. The van der Waals surface area contributed by atoms with Gasteiger partial charge >= 0.3 is 0 Å². The summed E-state index contributed by atoms with van der Waals surface area (Å²) in [6.07, 6.45) is 0. The highest BCUT2D eigenvalue weighted by Gasteiger charge is 2.18. The van der Waals surface area contributed by atoms with Crippen molar-refractivity contribution in [1.82, 2.24) is 9.88 Å². The number of rotatable bonds is 7. The van der Waals surface area contributed by atoms with E-state index in [0.717, 1.165) is 16.3 Å². The van der Waals surface area contributed by atoms with E-state index in [1.165, 1.54) is 11.3 Å². The molecule has 2 rings (SSSR count). The first-order valence-corrected chi connectivity index (χ1v) is 7.85. The summed E-state index contributed by atoms with van der Waals surface area (Å²) >= 11 is 1.48. The molecule has 0 radical (unpaired) electrons. The largest absolute Gasteiger partial charge is 0.497 e. The van der Waals surface area contributed by atoms with Crippen molar-refractivity contribution in [2.45, 2.75) is 13.5 Å². The van der Waals surface area contributed by atoms with Crippen LogP contribution in [0.4, 0.5) is 0 Å². The highest BCUT2D eigenvalue weighted by molar-refractivity contribution is 7.09. The van der Waals surface area contributed by atoms with E-state index in [1.807, 2.05) is 31.2 Å². The molecule has 0 aliphatic heterocycles. The second-order valence-electron chi connectivity index (χ2n) is 4.82. The number of benzene rings is 1. The van der Waals surface area contributed by atoms with Crippen LogP contribution in [0.15, 0.2) is 29.6 Å². The number of hydrogen-bond acceptors (Lipinski definition) is 5. The molecule has 5 nitrogen and oxygen atoms in total. The van der Waals surface area contributed by atoms with Crippen molar-refractivity contribution in [2.75, 3.05) is 27.4 Å². The molecule has 0 saturated heterocycles. The topological polar surface area (TPSA) is 51.7 Å². The fourth-order valence-electron chi connectivity index (χ4n) is 2.07. The Bertz CT molecular complexity index is 627. The van der Waals surface area contributed by atoms with Gasteiger partial charge in [0.05, 0.1) is 18.7 Å². The summed E-state index contributed by atoms with van der Waals surface area (Å²) < 4.78 is 10.3. The third-order valence-corrected chi connectivity index (χ3v) is 3.97. The lowest BCUT2D eigenvalue weighted by atomic mass is 10.2. The molecule has 0 fully saturated rings. The van der Waals surface area contributed by atoms with Gasteiger partial charge in [0.15, 0.2) is 0 Å². The Hall–Kier alpha value is -1.92. The number of methoxy groups -OCH3 is 2. The lowest BCUT2D eigenvalue weighted by Gasteiger charge is -2.22. The van der Waals surface area contributed by atoms with Crippen LogP contribution < -0.4 is 4.74 Å². The molecule has 0 N–H and O–H groups in total. The maximum Gasteiger partial charge on any atom is 0.273 e. The lowest BCUT2D eigenvalue weighted by Crippen LogP contribution is -2.33. The number of ether oxygens (including phenoxy) is 2. The van der Waals surface area contributed by atoms with E-state index in [4.69, 9.17) is 9.47 Å². The molecule has 0 aliphatic carbocycles. The molecule has 22 heavy (non-hydrogen) atoms. The van der Waals surface area contributed by atoms with E-state index in [0.29, 0.717) is 25.4 Å². The Morgan fingerprint density at radius 3 is 2.82 bits per heavy atom. The molecule has 6 heteroatoms. The van der Waals surface area contributed by atoms with Gasteiger partial charge in [-0.3, -0.25) is 4.79 Å². The van der Waals surface area contributed by atoms with Gasteiger partial charge < -0.3 is 14.4 Å². The van der Waals surface area contributed by atoms with Crippen LogP contribution in [0.2, 0.25) is 0 Å². The number of hydrogen-bond donors (Lipinski definition) is 0. The summed E-state index contributed by atoms with van der Waals surface area (Å²) in [5.74, 6) is 0.699. The summed E-state index contributed by atoms with van der Waals surface area (Å²) in [4.78, 5) is 18.6. The van der Waals surface area contributed by atoms with E-state index in [1.54, 1.807) is 24.5 Å². The van der Waals surface area contributed by atoms with E-state index in [9.17, 15) is 4.79 Å². The number of carbonyl (C=O) groups excluding carboxylic acids is 1. The first kappa shape index (κ1) is 16.5. The standard InChI is InChI=1S/C16H20N2O3S/c1-12-17-15(11-22-12)16(19)18(7-8-20-2)10-13-5-4-6-14(9-13)21-3/h4-6,9,11H,7-8,10H2,1-3H3. The molecule has 2 aromatic rings. The molecule has 0 atom stereocenters. The average molecular weight is 320 g/mol. The smallest absolute Gasteiger partial charge is 0.273 e. The molecule has 1 aromatic heterocycles. The number of aromatic nitrogens is 1. The van der Waals surface area contributed by atoms with Crippen LogP contribution in [0.25, 0.3) is 0 Å². The minimum absolute atomic E-state index is 0.0794. The van der Waals surface area contributed by atoms with Crippen LogP contribution >= 0.6 is 11.3 Å². The number of aryl methyl sites for hydroxylation is 1. The molecule has 0 bridgehead atoms. The van der Waals surface area contributed by atoms with Crippen molar-refractivity contribution in [3.63, 3.8) is 0 Å². The second-order valence-corrected chi connectivity index (χ2v) is 5.89. The van der Waals surface area contributed by atoms with Gasteiger partial charge in [-0.2, -0.15) is 0 Å². The minimum Gasteiger partial charge on any atom is -0.497 e. The number of thiazole rings is 1. The monoisotopic (exact) mass is 320 g/mol. The van der Waals surface area contributed by atoms with Crippen molar-refractivity contribution < 1.29 is 14.3 Å². The van der Waals surface area contributed by atoms with Crippen molar-refractivity contribution in [3.05, 3.63) is 45.9 Å². The molecule has 118 valence electrons. The average Bonchev–Trinajstić information content (AvgIpc) is 2.97. The van der Waals surface area contributed by atoms with Crippen LogP contribution in [0.5, 0.6) is 5.75 Å². The predicted molar refractivity (Wildman–Crippen MR) is 86.5 cm³/mol. The first-order chi connectivity index (χ1) is 10.6. The van der Waals surface area contributed by atoms with E-state index in [-0.39, 0.29) is 5.91 Å². The highest BCUT2D eigenvalue weighted by atomic mass is 32.1. The summed E-state index contributed by atoms with van der Waals surface area (Å²) in [6.45, 7) is 3.39. The third kappa shape index (κ3) is 4.29. The molecule has 0 aliphatic rings. The third-order valence-electron chi connectivity index (χ3n) is 3.20. The Labute approximate surface area is 134 Å². The minimum atomic E-state index is -0.0794. The second kappa shape index (κ2) is 7.91. The van der Waals surface area contributed by atoms with Crippen molar-refractivity contribution in [2.24, 2.45) is 0 Å². The number of amides is 1. The molecular formula is C16H20N2O3S. The Balaban J connectivity index is 2.16. The summed E-state index contributed by atoms with van der Waals surface area (Å²) in [5, 5.41) is 2.68. The normalized spacial score (nSPS) is 10.5. The zero-order valence-corrected chi connectivity index (χ0v) is 13.9. The SMILES string of the molecule is COCCN(Cc1cccc(OC)c1)C(=O)c1csc(C)n1. The molecule has 0 spiro atoms. The maximum atomic E-state index is 12.6. The fourth-order valence-corrected chi connectivity index (χ4v) is 2.66. The van der Waals surface area contributed by atoms with Crippen LogP contribution in [0, 0.1) is 6.92 Å². The first-order valence-electron chi connectivity index (χ1n) is 6.97. The molecule has 1 aromatic carbocycles. The number of nitrogens with zero attached hydrogens (tertiary/aromatic N) is 2. The van der Waals surface area contributed by atoms with Crippen molar-refractivity contribution >= 4 is 17.2 Å². The van der Waals surface area contributed by atoms with Gasteiger partial charge in [0.25, 0.3) is 5.91 Å². The Morgan fingerprint density at radius 1 is 1.36 bits per heavy atom.